The summed E-state index contributed by atoms with van der Waals surface area (Å²) in [6.07, 6.45) is -6.90. The van der Waals surface area contributed by atoms with Gasteiger partial charge in [-0.2, -0.15) is 22.0 Å². The van der Waals surface area contributed by atoms with E-state index in [1.807, 2.05) is 0 Å². The first-order chi connectivity index (χ1) is 7.27. The molecule has 0 aliphatic rings. The summed E-state index contributed by atoms with van der Waals surface area (Å²) in [4.78, 5) is 10.9. The predicted octanol–water partition coefficient (Wildman–Crippen LogP) is 2.36. The number of aliphatic hydroxyl groups is 2. The second-order valence-electron chi connectivity index (χ2n) is 4.06. The Balaban J connectivity index is 4.94. The van der Waals surface area contributed by atoms with Gasteiger partial charge in [0, 0.05) is 12.5 Å². The SMILES string of the molecule is CC(C)(O)CC(=O)/C=C(\O)C(F)(F)C(F)(F)F. The van der Waals surface area contributed by atoms with Crippen LogP contribution in [0.1, 0.15) is 20.3 Å². The first-order valence-electron chi connectivity index (χ1n) is 4.38. The van der Waals surface area contributed by atoms with Crippen LogP contribution in [0.5, 0.6) is 0 Å². The van der Waals surface area contributed by atoms with Crippen molar-refractivity contribution in [2.45, 2.75) is 38.0 Å². The molecular weight excluding hydrogens is 251 g/mol. The van der Waals surface area contributed by atoms with Crippen LogP contribution in [-0.4, -0.2) is 33.7 Å². The van der Waals surface area contributed by atoms with Crippen molar-refractivity contribution in [2.75, 3.05) is 0 Å². The summed E-state index contributed by atoms with van der Waals surface area (Å²) in [5, 5.41) is 17.7. The molecule has 0 saturated carbocycles. The standard InChI is InChI=1S/C9H11F5O3/c1-7(2,17)4-5(15)3-6(16)8(10,11)9(12,13)14/h3,16-17H,4H2,1-2H3/b6-3-. The molecule has 8 heteroatoms. The van der Waals surface area contributed by atoms with Crippen molar-refractivity contribution in [1.29, 1.82) is 0 Å². The number of allylic oxidation sites excluding steroid dienone is 2. The van der Waals surface area contributed by atoms with Crippen LogP contribution in [0.25, 0.3) is 0 Å². The Bertz CT molecular complexity index is 325. The molecule has 0 radical (unpaired) electrons. The maximum Gasteiger partial charge on any atom is 0.461 e. The van der Waals surface area contributed by atoms with Gasteiger partial charge in [0.25, 0.3) is 0 Å². The number of carbonyl (C=O) groups is 1. The zero-order valence-corrected chi connectivity index (χ0v) is 8.98. The number of carbonyl (C=O) groups excluding carboxylic acids is 1. The topological polar surface area (TPSA) is 57.5 Å². The van der Waals surface area contributed by atoms with E-state index in [1.54, 1.807) is 0 Å². The van der Waals surface area contributed by atoms with Gasteiger partial charge in [-0.1, -0.05) is 0 Å². The van der Waals surface area contributed by atoms with Crippen molar-refractivity contribution >= 4 is 5.78 Å². The van der Waals surface area contributed by atoms with E-state index in [0.717, 1.165) is 13.8 Å². The smallest absolute Gasteiger partial charge is 0.461 e. The molecular formula is C9H11F5O3. The van der Waals surface area contributed by atoms with Crippen LogP contribution in [0.2, 0.25) is 0 Å². The maximum absolute atomic E-state index is 12.5. The molecule has 0 aromatic heterocycles. The summed E-state index contributed by atoms with van der Waals surface area (Å²) in [5.41, 5.74) is -1.57. The summed E-state index contributed by atoms with van der Waals surface area (Å²) in [7, 11) is 0. The summed E-state index contributed by atoms with van der Waals surface area (Å²) >= 11 is 0. The zero-order valence-electron chi connectivity index (χ0n) is 8.98. The lowest BCUT2D eigenvalue weighted by Crippen LogP contribution is -2.38. The van der Waals surface area contributed by atoms with Crippen molar-refractivity contribution in [2.24, 2.45) is 0 Å². The van der Waals surface area contributed by atoms with E-state index in [1.165, 1.54) is 0 Å². The first-order valence-corrected chi connectivity index (χ1v) is 4.38. The third-order valence-electron chi connectivity index (χ3n) is 1.58. The summed E-state index contributed by atoms with van der Waals surface area (Å²) < 4.78 is 60.2. The van der Waals surface area contributed by atoms with Crippen molar-refractivity contribution < 1.29 is 37.0 Å². The van der Waals surface area contributed by atoms with Crippen molar-refractivity contribution in [1.82, 2.24) is 0 Å². The Morgan fingerprint density at radius 1 is 1.18 bits per heavy atom. The number of aliphatic hydroxyl groups excluding tert-OH is 1. The van der Waals surface area contributed by atoms with E-state index >= 15 is 0 Å². The molecule has 0 unspecified atom stereocenters. The minimum absolute atomic E-state index is 0.231. The predicted molar refractivity (Wildman–Crippen MR) is 47.6 cm³/mol. The van der Waals surface area contributed by atoms with Gasteiger partial charge >= 0.3 is 12.1 Å². The highest BCUT2D eigenvalue weighted by molar-refractivity contribution is 5.90. The third-order valence-corrected chi connectivity index (χ3v) is 1.58. The van der Waals surface area contributed by atoms with Gasteiger partial charge < -0.3 is 10.2 Å². The van der Waals surface area contributed by atoms with E-state index in [-0.39, 0.29) is 6.08 Å². The molecule has 0 aliphatic heterocycles. The van der Waals surface area contributed by atoms with Gasteiger partial charge in [-0.05, 0) is 13.8 Å². The van der Waals surface area contributed by atoms with Gasteiger partial charge in [0.1, 0.15) is 0 Å². The fourth-order valence-corrected chi connectivity index (χ4v) is 0.866. The van der Waals surface area contributed by atoms with E-state index in [0.29, 0.717) is 0 Å². The quantitative estimate of drug-likeness (QED) is 0.464. The summed E-state index contributed by atoms with van der Waals surface area (Å²) in [5.74, 6) is -9.11. The van der Waals surface area contributed by atoms with Gasteiger partial charge in [-0.25, -0.2) is 0 Å². The molecule has 0 fully saturated rings. The number of hydrogen-bond acceptors (Lipinski definition) is 3. The molecule has 0 heterocycles. The van der Waals surface area contributed by atoms with Crippen LogP contribution in [0.4, 0.5) is 22.0 Å². The van der Waals surface area contributed by atoms with Crippen molar-refractivity contribution in [3.05, 3.63) is 11.8 Å². The minimum Gasteiger partial charge on any atom is -0.506 e. The lowest BCUT2D eigenvalue weighted by atomic mass is 10.0. The third kappa shape index (κ3) is 4.68. The van der Waals surface area contributed by atoms with Crippen LogP contribution in [0.15, 0.2) is 11.8 Å². The first kappa shape index (κ1) is 15.8. The number of rotatable bonds is 4. The van der Waals surface area contributed by atoms with Crippen LogP contribution >= 0.6 is 0 Å². The van der Waals surface area contributed by atoms with Gasteiger partial charge in [-0.15, -0.1) is 0 Å². The molecule has 0 atom stereocenters. The molecule has 17 heavy (non-hydrogen) atoms. The van der Waals surface area contributed by atoms with Crippen LogP contribution in [0.3, 0.4) is 0 Å². The lowest BCUT2D eigenvalue weighted by Gasteiger charge is -2.19. The number of hydrogen-bond donors (Lipinski definition) is 2. The summed E-state index contributed by atoms with van der Waals surface area (Å²) in [6.45, 7) is 2.33. The number of ketones is 1. The Labute approximate surface area is 93.5 Å². The molecule has 0 bridgehead atoms. The zero-order chi connectivity index (χ0) is 14.1. The number of alkyl halides is 5. The average Bonchev–Trinajstić information content (AvgIpc) is 1.97. The Kier molecular flexibility index (Phi) is 4.28. The molecule has 0 aliphatic carbocycles. The largest absolute Gasteiger partial charge is 0.506 e. The molecule has 0 aromatic rings. The summed E-state index contributed by atoms with van der Waals surface area (Å²) in [6, 6.07) is 0. The van der Waals surface area contributed by atoms with Crippen molar-refractivity contribution in [3.8, 4) is 0 Å². The lowest BCUT2D eigenvalue weighted by molar-refractivity contribution is -0.274. The molecule has 0 aromatic carbocycles. The van der Waals surface area contributed by atoms with Gasteiger partial charge in [0.05, 0.1) is 5.60 Å². The molecule has 0 saturated heterocycles. The van der Waals surface area contributed by atoms with Crippen molar-refractivity contribution in [3.63, 3.8) is 0 Å². The fraction of sp³-hybridized carbons (Fsp3) is 0.667. The molecule has 100 valence electrons. The van der Waals surface area contributed by atoms with Gasteiger partial charge in [0.15, 0.2) is 11.5 Å². The molecule has 2 N–H and O–H groups in total. The fourth-order valence-electron chi connectivity index (χ4n) is 0.866. The molecule has 3 nitrogen and oxygen atoms in total. The van der Waals surface area contributed by atoms with Crippen LogP contribution in [0, 0.1) is 0 Å². The normalized spacial score (nSPS) is 14.9. The van der Waals surface area contributed by atoms with Crippen LogP contribution in [-0.2, 0) is 4.79 Å². The highest BCUT2D eigenvalue weighted by atomic mass is 19.4. The second-order valence-corrected chi connectivity index (χ2v) is 4.06. The number of halogens is 5. The monoisotopic (exact) mass is 262 g/mol. The Hall–Kier alpha value is -1.18. The maximum atomic E-state index is 12.5. The van der Waals surface area contributed by atoms with E-state index in [4.69, 9.17) is 10.2 Å². The average molecular weight is 262 g/mol. The Morgan fingerprint density at radius 2 is 1.59 bits per heavy atom. The van der Waals surface area contributed by atoms with Crippen LogP contribution < -0.4 is 0 Å². The Morgan fingerprint density at radius 3 is 1.88 bits per heavy atom. The molecule has 0 amide bonds. The molecule has 0 spiro atoms. The highest BCUT2D eigenvalue weighted by Crippen LogP contribution is 2.39. The minimum atomic E-state index is -5.98. The highest BCUT2D eigenvalue weighted by Gasteiger charge is 2.61. The van der Waals surface area contributed by atoms with Gasteiger partial charge in [0.2, 0.25) is 0 Å². The van der Waals surface area contributed by atoms with E-state index in [2.05, 4.69) is 0 Å². The second kappa shape index (κ2) is 4.59. The van der Waals surface area contributed by atoms with Gasteiger partial charge in [-0.3, -0.25) is 4.79 Å². The van der Waals surface area contributed by atoms with E-state index < -0.39 is 35.7 Å². The molecule has 0 rings (SSSR count). The van der Waals surface area contributed by atoms with E-state index in [9.17, 15) is 26.7 Å².